The number of carbonyl (C=O) groups is 1. The highest BCUT2D eigenvalue weighted by atomic mass is 16.5. The molecule has 4 nitrogen and oxygen atoms in total. The number of amides is 1. The van der Waals surface area contributed by atoms with E-state index < -0.39 is 0 Å². The minimum atomic E-state index is 0.00226. The van der Waals surface area contributed by atoms with Gasteiger partial charge in [-0.05, 0) is 31.4 Å². The van der Waals surface area contributed by atoms with E-state index in [1.165, 1.54) is 6.42 Å². The van der Waals surface area contributed by atoms with Gasteiger partial charge < -0.3 is 9.64 Å². The molecule has 1 fully saturated rings. The Morgan fingerprint density at radius 2 is 2.00 bits per heavy atom. The number of ether oxygens (including phenoxy) is 1. The van der Waals surface area contributed by atoms with Crippen LogP contribution in [0.4, 0.5) is 0 Å². The van der Waals surface area contributed by atoms with Gasteiger partial charge in [0, 0.05) is 13.1 Å². The summed E-state index contributed by atoms with van der Waals surface area (Å²) in [5, 5.41) is 8.91. The molecule has 4 heteroatoms. The van der Waals surface area contributed by atoms with E-state index in [2.05, 4.69) is 0 Å². The Kier molecular flexibility index (Phi) is 4.19. The highest BCUT2D eigenvalue weighted by Crippen LogP contribution is 2.17. The fraction of sp³-hybridized carbons (Fsp3) is 0.429. The molecule has 0 atom stereocenters. The molecule has 1 heterocycles. The number of hydrogen-bond donors (Lipinski definition) is 0. The molecular formula is C14H16N2O2. The Morgan fingerprint density at radius 3 is 2.72 bits per heavy atom. The standard InChI is InChI=1S/C14H16N2O2/c15-10-12-6-2-3-7-13(12)18-11-14(17)16-8-4-1-5-9-16/h2-3,6-7H,1,4-5,8-9,11H2. The molecule has 0 radical (unpaired) electrons. The van der Waals surface area contributed by atoms with Gasteiger partial charge in [-0.3, -0.25) is 4.79 Å². The minimum absolute atomic E-state index is 0.00226. The molecule has 0 spiro atoms. The summed E-state index contributed by atoms with van der Waals surface area (Å²) < 4.78 is 5.43. The summed E-state index contributed by atoms with van der Waals surface area (Å²) in [6.07, 6.45) is 3.34. The van der Waals surface area contributed by atoms with Crippen molar-refractivity contribution in [2.45, 2.75) is 19.3 Å². The van der Waals surface area contributed by atoms with Gasteiger partial charge in [-0.2, -0.15) is 5.26 Å². The van der Waals surface area contributed by atoms with E-state index in [9.17, 15) is 4.79 Å². The van der Waals surface area contributed by atoms with E-state index in [1.807, 2.05) is 11.0 Å². The second-order valence-corrected chi connectivity index (χ2v) is 4.34. The Bertz CT molecular complexity index is 459. The first-order valence-electron chi connectivity index (χ1n) is 6.21. The van der Waals surface area contributed by atoms with Crippen molar-refractivity contribution < 1.29 is 9.53 Å². The first-order valence-corrected chi connectivity index (χ1v) is 6.21. The van der Waals surface area contributed by atoms with Crippen LogP contribution in [0.2, 0.25) is 0 Å². The lowest BCUT2D eigenvalue weighted by Gasteiger charge is -2.26. The largest absolute Gasteiger partial charge is 0.482 e. The number of piperidine rings is 1. The van der Waals surface area contributed by atoms with Crippen LogP contribution in [-0.2, 0) is 4.79 Å². The second-order valence-electron chi connectivity index (χ2n) is 4.34. The maximum atomic E-state index is 11.9. The van der Waals surface area contributed by atoms with Crippen molar-refractivity contribution in [1.29, 1.82) is 5.26 Å². The summed E-state index contributed by atoms with van der Waals surface area (Å²) >= 11 is 0. The van der Waals surface area contributed by atoms with Gasteiger partial charge in [0.25, 0.3) is 5.91 Å². The molecular weight excluding hydrogens is 228 g/mol. The number of nitrogens with zero attached hydrogens (tertiary/aromatic N) is 2. The molecule has 18 heavy (non-hydrogen) atoms. The number of nitriles is 1. The molecule has 1 aromatic carbocycles. The molecule has 0 unspecified atom stereocenters. The molecule has 0 aromatic heterocycles. The van der Waals surface area contributed by atoms with Crippen molar-refractivity contribution >= 4 is 5.91 Å². The van der Waals surface area contributed by atoms with Crippen LogP contribution in [0.25, 0.3) is 0 Å². The summed E-state index contributed by atoms with van der Waals surface area (Å²) in [4.78, 5) is 13.7. The molecule has 0 saturated carbocycles. The topological polar surface area (TPSA) is 53.3 Å². The van der Waals surface area contributed by atoms with E-state index in [0.29, 0.717) is 11.3 Å². The third-order valence-electron chi connectivity index (χ3n) is 3.07. The van der Waals surface area contributed by atoms with Gasteiger partial charge in [-0.1, -0.05) is 12.1 Å². The van der Waals surface area contributed by atoms with Crippen LogP contribution in [0.5, 0.6) is 5.75 Å². The smallest absolute Gasteiger partial charge is 0.260 e. The van der Waals surface area contributed by atoms with E-state index >= 15 is 0 Å². The maximum absolute atomic E-state index is 11.9. The van der Waals surface area contributed by atoms with Gasteiger partial charge in [0.15, 0.2) is 6.61 Å². The molecule has 2 rings (SSSR count). The van der Waals surface area contributed by atoms with Gasteiger partial charge in [0.2, 0.25) is 0 Å². The summed E-state index contributed by atoms with van der Waals surface area (Å²) in [5.74, 6) is 0.479. The van der Waals surface area contributed by atoms with Crippen LogP contribution in [0.3, 0.4) is 0 Å². The fourth-order valence-electron chi connectivity index (χ4n) is 2.06. The SMILES string of the molecule is N#Cc1ccccc1OCC(=O)N1CCCCC1. The zero-order chi connectivity index (χ0) is 12.8. The van der Waals surface area contributed by atoms with Crippen LogP contribution < -0.4 is 4.74 Å². The molecule has 0 bridgehead atoms. The first-order chi connectivity index (χ1) is 8.81. The number of likely N-dealkylation sites (tertiary alicyclic amines) is 1. The Hall–Kier alpha value is -2.02. The molecule has 1 aliphatic heterocycles. The first kappa shape index (κ1) is 12.4. The predicted molar refractivity (Wildman–Crippen MR) is 67.1 cm³/mol. The third kappa shape index (κ3) is 3.01. The Labute approximate surface area is 107 Å². The Balaban J connectivity index is 1.91. The number of hydrogen-bond acceptors (Lipinski definition) is 3. The minimum Gasteiger partial charge on any atom is -0.482 e. The van der Waals surface area contributed by atoms with E-state index in [4.69, 9.17) is 10.00 Å². The fourth-order valence-corrected chi connectivity index (χ4v) is 2.06. The average molecular weight is 244 g/mol. The quantitative estimate of drug-likeness (QED) is 0.816. The van der Waals surface area contributed by atoms with Gasteiger partial charge in [-0.15, -0.1) is 0 Å². The highest BCUT2D eigenvalue weighted by molar-refractivity contribution is 5.77. The normalized spacial score (nSPS) is 14.9. The average Bonchev–Trinajstić information content (AvgIpc) is 2.46. The van der Waals surface area contributed by atoms with E-state index in [1.54, 1.807) is 24.3 Å². The zero-order valence-corrected chi connectivity index (χ0v) is 10.3. The molecule has 0 aliphatic carbocycles. The molecule has 94 valence electrons. The van der Waals surface area contributed by atoms with Crippen molar-refractivity contribution in [2.75, 3.05) is 19.7 Å². The predicted octanol–water partition coefficient (Wildman–Crippen LogP) is 1.95. The lowest BCUT2D eigenvalue weighted by molar-refractivity contribution is -0.134. The van der Waals surface area contributed by atoms with Crippen LogP contribution in [-0.4, -0.2) is 30.5 Å². The number of carbonyl (C=O) groups excluding carboxylic acids is 1. The maximum Gasteiger partial charge on any atom is 0.260 e. The van der Waals surface area contributed by atoms with Crippen LogP contribution in [0, 0.1) is 11.3 Å². The number of rotatable bonds is 3. The number of para-hydroxylation sites is 1. The van der Waals surface area contributed by atoms with Crippen molar-refractivity contribution in [1.82, 2.24) is 4.90 Å². The summed E-state index contributed by atoms with van der Waals surface area (Å²) in [7, 11) is 0. The van der Waals surface area contributed by atoms with E-state index in [-0.39, 0.29) is 12.5 Å². The number of benzene rings is 1. The lowest BCUT2D eigenvalue weighted by Crippen LogP contribution is -2.38. The zero-order valence-electron chi connectivity index (χ0n) is 10.3. The molecule has 1 aromatic rings. The van der Waals surface area contributed by atoms with Crippen molar-refractivity contribution in [2.24, 2.45) is 0 Å². The van der Waals surface area contributed by atoms with Gasteiger partial charge >= 0.3 is 0 Å². The van der Waals surface area contributed by atoms with Gasteiger partial charge in [-0.25, -0.2) is 0 Å². The highest BCUT2D eigenvalue weighted by Gasteiger charge is 2.17. The van der Waals surface area contributed by atoms with Crippen LogP contribution >= 0.6 is 0 Å². The molecule has 1 amide bonds. The monoisotopic (exact) mass is 244 g/mol. The summed E-state index contributed by atoms with van der Waals surface area (Å²) in [6.45, 7) is 1.66. The second kappa shape index (κ2) is 6.06. The lowest BCUT2D eigenvalue weighted by atomic mass is 10.1. The van der Waals surface area contributed by atoms with Crippen LogP contribution in [0.15, 0.2) is 24.3 Å². The van der Waals surface area contributed by atoms with Crippen LogP contribution in [0.1, 0.15) is 24.8 Å². The summed E-state index contributed by atoms with van der Waals surface area (Å²) in [5.41, 5.74) is 0.462. The molecule has 1 saturated heterocycles. The molecule has 1 aliphatic rings. The van der Waals surface area contributed by atoms with Crippen molar-refractivity contribution in [3.05, 3.63) is 29.8 Å². The van der Waals surface area contributed by atoms with E-state index in [0.717, 1.165) is 25.9 Å². The molecule has 0 N–H and O–H groups in total. The van der Waals surface area contributed by atoms with Crippen molar-refractivity contribution in [3.8, 4) is 11.8 Å². The summed E-state index contributed by atoms with van der Waals surface area (Å²) in [6, 6.07) is 9.01. The third-order valence-corrected chi connectivity index (χ3v) is 3.07. The van der Waals surface area contributed by atoms with Gasteiger partial charge in [0.1, 0.15) is 11.8 Å². The Morgan fingerprint density at radius 1 is 1.28 bits per heavy atom. The van der Waals surface area contributed by atoms with Gasteiger partial charge in [0.05, 0.1) is 5.56 Å². The van der Waals surface area contributed by atoms with Crippen molar-refractivity contribution in [3.63, 3.8) is 0 Å².